The summed E-state index contributed by atoms with van der Waals surface area (Å²) in [6.07, 6.45) is 2.55. The molecule has 1 aromatic carbocycles. The molecule has 2 saturated heterocycles. The molecule has 3 aliphatic heterocycles. The molecule has 2 bridgehead atoms. The summed E-state index contributed by atoms with van der Waals surface area (Å²) in [6.45, 7) is 4.62. The smallest absolute Gasteiger partial charge is 0.272 e. The van der Waals surface area contributed by atoms with Crippen molar-refractivity contribution in [3.05, 3.63) is 47.8 Å². The fraction of sp³-hybridized carbons (Fsp3) is 0.500. The number of alkyl halides is 2. The topological polar surface area (TPSA) is 75.5 Å². The lowest BCUT2D eigenvalue weighted by molar-refractivity contribution is -0.153. The highest BCUT2D eigenvalue weighted by Gasteiger charge is 2.54. The summed E-state index contributed by atoms with van der Waals surface area (Å²) in [5.41, 5.74) is 2.93. The van der Waals surface area contributed by atoms with Crippen molar-refractivity contribution in [2.24, 2.45) is 11.8 Å². The van der Waals surface area contributed by atoms with Gasteiger partial charge in [-0.1, -0.05) is 6.07 Å². The maximum atomic E-state index is 14.7. The van der Waals surface area contributed by atoms with Crippen LogP contribution < -0.4 is 15.0 Å². The number of anilines is 1. The summed E-state index contributed by atoms with van der Waals surface area (Å²) in [6, 6.07) is 9.40. The molecule has 3 aromatic rings. The average Bonchev–Trinajstić information content (AvgIpc) is 3.27. The number of carbonyl (C=O) groups is 1. The van der Waals surface area contributed by atoms with Crippen LogP contribution >= 0.6 is 0 Å². The number of halogens is 2. The molecule has 0 aliphatic carbocycles. The number of ether oxygens (including phenoxy) is 1. The van der Waals surface area contributed by atoms with Crippen molar-refractivity contribution in [2.45, 2.75) is 31.9 Å². The molecule has 0 radical (unpaired) electrons. The van der Waals surface area contributed by atoms with E-state index in [2.05, 4.69) is 20.4 Å². The number of benzene rings is 1. The Morgan fingerprint density at radius 2 is 1.92 bits per heavy atom. The largest absolute Gasteiger partial charge is 0.491 e. The summed E-state index contributed by atoms with van der Waals surface area (Å²) in [5.74, 6) is -3.50. The molecule has 3 aliphatic rings. The highest BCUT2D eigenvalue weighted by molar-refractivity contribution is 5.95. The van der Waals surface area contributed by atoms with Gasteiger partial charge in [0.15, 0.2) is 11.3 Å². The van der Waals surface area contributed by atoms with Gasteiger partial charge in [0.05, 0.1) is 17.9 Å². The number of nitrogens with zero attached hydrogens (tertiary/aromatic N) is 5. The van der Waals surface area contributed by atoms with E-state index in [0.717, 1.165) is 34.6 Å². The molecule has 10 heteroatoms. The number of aryl methyl sites for hydroxylation is 1. The minimum absolute atomic E-state index is 0.197. The van der Waals surface area contributed by atoms with Crippen LogP contribution in [0.3, 0.4) is 0 Å². The molecular formula is C26H30F2N6O2. The number of nitrogens with one attached hydrogen (secondary N) is 1. The lowest BCUT2D eigenvalue weighted by atomic mass is 9.80. The van der Waals surface area contributed by atoms with Crippen LogP contribution in [0.25, 0.3) is 11.0 Å². The summed E-state index contributed by atoms with van der Waals surface area (Å²) in [7, 11) is 1.92. The third-order valence-electron chi connectivity index (χ3n) is 7.77. The Bertz CT molecular complexity index is 1290. The van der Waals surface area contributed by atoms with Gasteiger partial charge in [-0.05, 0) is 44.2 Å². The summed E-state index contributed by atoms with van der Waals surface area (Å²) < 4.78 is 37.4. The highest BCUT2D eigenvalue weighted by Crippen LogP contribution is 2.43. The van der Waals surface area contributed by atoms with Crippen LogP contribution in [0.5, 0.6) is 5.75 Å². The van der Waals surface area contributed by atoms with Crippen molar-refractivity contribution in [3.63, 3.8) is 0 Å². The normalized spacial score (nSPS) is 25.3. The van der Waals surface area contributed by atoms with Crippen LogP contribution in [0.4, 0.5) is 14.5 Å². The van der Waals surface area contributed by atoms with E-state index in [1.54, 1.807) is 6.07 Å². The second-order valence-electron chi connectivity index (χ2n) is 10.3. The molecule has 1 N–H and O–H groups in total. The Morgan fingerprint density at radius 3 is 2.67 bits per heavy atom. The first-order valence-electron chi connectivity index (χ1n) is 12.5. The molecule has 5 heterocycles. The van der Waals surface area contributed by atoms with E-state index < -0.39 is 17.8 Å². The number of aromatic nitrogens is 3. The molecule has 1 amide bonds. The monoisotopic (exact) mass is 496 g/mol. The Morgan fingerprint density at radius 1 is 1.14 bits per heavy atom. The maximum absolute atomic E-state index is 14.7. The minimum Gasteiger partial charge on any atom is -0.491 e. The van der Waals surface area contributed by atoms with Crippen molar-refractivity contribution in [1.82, 2.24) is 25.0 Å². The molecule has 0 spiro atoms. The van der Waals surface area contributed by atoms with E-state index in [0.29, 0.717) is 39.2 Å². The van der Waals surface area contributed by atoms with Gasteiger partial charge in [0, 0.05) is 56.1 Å². The SMILES string of the molecule is CCn1ccc2cc(C(=O)N[C@H]3COc4cc(N5CC6CN(C)CC(C5)C6(F)F)ccc4C3)nnc21. The summed E-state index contributed by atoms with van der Waals surface area (Å²) in [5, 5.41) is 12.2. The Kier molecular flexibility index (Phi) is 5.59. The maximum Gasteiger partial charge on any atom is 0.272 e. The Hall–Kier alpha value is -3.27. The number of hydrogen-bond donors (Lipinski definition) is 1. The first kappa shape index (κ1) is 23.1. The van der Waals surface area contributed by atoms with Gasteiger partial charge in [-0.25, -0.2) is 8.78 Å². The van der Waals surface area contributed by atoms with Gasteiger partial charge in [-0.3, -0.25) is 4.79 Å². The molecular weight excluding hydrogens is 466 g/mol. The second-order valence-corrected chi connectivity index (χ2v) is 10.3. The van der Waals surface area contributed by atoms with E-state index in [9.17, 15) is 13.6 Å². The van der Waals surface area contributed by atoms with Crippen LogP contribution in [0.1, 0.15) is 23.0 Å². The number of carbonyl (C=O) groups excluding carboxylic acids is 1. The lowest BCUT2D eigenvalue weighted by Gasteiger charge is -2.50. The third kappa shape index (κ3) is 3.97. The number of piperidine rings is 2. The summed E-state index contributed by atoms with van der Waals surface area (Å²) >= 11 is 0. The van der Waals surface area contributed by atoms with Gasteiger partial charge in [0.25, 0.3) is 11.8 Å². The fourth-order valence-corrected chi connectivity index (χ4v) is 5.84. The van der Waals surface area contributed by atoms with E-state index in [-0.39, 0.29) is 17.6 Å². The number of fused-ring (bicyclic) bond motifs is 4. The summed E-state index contributed by atoms with van der Waals surface area (Å²) in [4.78, 5) is 16.9. The van der Waals surface area contributed by atoms with Gasteiger partial charge in [-0.2, -0.15) is 0 Å². The van der Waals surface area contributed by atoms with Gasteiger partial charge in [0.1, 0.15) is 12.4 Å². The number of hydrogen-bond acceptors (Lipinski definition) is 6. The Labute approximate surface area is 208 Å². The molecule has 2 fully saturated rings. The lowest BCUT2D eigenvalue weighted by Crippen LogP contribution is -2.63. The van der Waals surface area contributed by atoms with Crippen LogP contribution in [-0.2, 0) is 13.0 Å². The Balaban J connectivity index is 1.13. The predicted molar refractivity (Wildman–Crippen MR) is 132 cm³/mol. The first-order valence-corrected chi connectivity index (χ1v) is 12.5. The predicted octanol–water partition coefficient (Wildman–Crippen LogP) is 2.82. The van der Waals surface area contributed by atoms with Gasteiger partial charge in [0.2, 0.25) is 0 Å². The van der Waals surface area contributed by atoms with Crippen molar-refractivity contribution in [1.29, 1.82) is 0 Å². The molecule has 8 nitrogen and oxygen atoms in total. The van der Waals surface area contributed by atoms with Crippen molar-refractivity contribution >= 4 is 22.6 Å². The van der Waals surface area contributed by atoms with E-state index in [1.165, 1.54) is 0 Å². The zero-order chi connectivity index (χ0) is 25.0. The molecule has 3 atom stereocenters. The fourth-order valence-electron chi connectivity index (χ4n) is 5.84. The van der Waals surface area contributed by atoms with Gasteiger partial charge < -0.3 is 24.4 Å². The van der Waals surface area contributed by atoms with Crippen LogP contribution in [-0.4, -0.2) is 77.4 Å². The quantitative estimate of drug-likeness (QED) is 0.599. The highest BCUT2D eigenvalue weighted by atomic mass is 19.3. The zero-order valence-electron chi connectivity index (χ0n) is 20.5. The average molecular weight is 497 g/mol. The third-order valence-corrected chi connectivity index (χ3v) is 7.77. The number of rotatable bonds is 4. The van der Waals surface area contributed by atoms with Crippen LogP contribution in [0.15, 0.2) is 36.5 Å². The second kappa shape index (κ2) is 8.69. The zero-order valence-corrected chi connectivity index (χ0v) is 20.5. The number of amides is 1. The standard InChI is InChI=1S/C26H30F2N6O2/c1-3-33-7-6-17-9-22(30-31-24(17)33)25(35)29-20-8-16-4-5-21(10-23(16)36-15-20)34-13-18-11-32(2)12-19(14-34)26(18,27)28/h4-7,9-10,18-20H,3,8,11-15H2,1-2H3,(H,29,35)/t18?,19?,20-/m1/s1. The van der Waals surface area contributed by atoms with Crippen LogP contribution in [0.2, 0.25) is 0 Å². The molecule has 2 aromatic heterocycles. The van der Waals surface area contributed by atoms with Gasteiger partial charge in [-0.15, -0.1) is 10.2 Å². The number of likely N-dealkylation sites (tertiary alicyclic amines) is 1. The van der Waals surface area contributed by atoms with Crippen molar-refractivity contribution < 1.29 is 18.3 Å². The van der Waals surface area contributed by atoms with Crippen LogP contribution in [0, 0.1) is 11.8 Å². The van der Waals surface area contributed by atoms with E-state index in [1.807, 2.05) is 53.9 Å². The van der Waals surface area contributed by atoms with E-state index in [4.69, 9.17) is 4.74 Å². The molecule has 36 heavy (non-hydrogen) atoms. The van der Waals surface area contributed by atoms with Crippen molar-refractivity contribution in [3.8, 4) is 5.75 Å². The molecule has 6 rings (SSSR count). The first-order chi connectivity index (χ1) is 17.3. The van der Waals surface area contributed by atoms with Crippen molar-refractivity contribution in [2.75, 3.05) is 44.7 Å². The van der Waals surface area contributed by atoms with Gasteiger partial charge >= 0.3 is 0 Å². The van der Waals surface area contributed by atoms with E-state index >= 15 is 0 Å². The molecule has 190 valence electrons. The molecule has 0 saturated carbocycles. The molecule has 2 unspecified atom stereocenters. The minimum atomic E-state index is -2.62.